The van der Waals surface area contributed by atoms with Crippen LogP contribution in [0.2, 0.25) is 0 Å². The van der Waals surface area contributed by atoms with Crippen molar-refractivity contribution in [1.82, 2.24) is 5.32 Å². The molecule has 0 fully saturated rings. The average molecular weight is 411 g/mol. The normalized spacial score (nSPS) is 10.4. The fourth-order valence-corrected chi connectivity index (χ4v) is 3.19. The number of nitrogens with one attached hydrogen (secondary N) is 2. The van der Waals surface area contributed by atoms with E-state index in [1.807, 2.05) is 52.8 Å². The summed E-state index contributed by atoms with van der Waals surface area (Å²) in [6.07, 6.45) is 0.654. The van der Waals surface area contributed by atoms with Crippen LogP contribution in [-0.2, 0) is 14.3 Å². The van der Waals surface area contributed by atoms with Gasteiger partial charge in [0.05, 0.1) is 6.61 Å². The first-order valence-electron chi connectivity index (χ1n) is 10.1. The topological polar surface area (TPSA) is 84.5 Å². The number of aryl methyl sites for hydroxylation is 5. The van der Waals surface area contributed by atoms with Crippen molar-refractivity contribution in [3.63, 3.8) is 0 Å². The lowest BCUT2D eigenvalue weighted by Crippen LogP contribution is -2.30. The number of rotatable bonds is 8. The van der Waals surface area contributed by atoms with E-state index >= 15 is 0 Å². The highest BCUT2D eigenvalue weighted by atomic mass is 16.5. The molecule has 0 aliphatic heterocycles. The van der Waals surface area contributed by atoms with E-state index in [-0.39, 0.29) is 31.4 Å². The molecule has 30 heavy (non-hydrogen) atoms. The molecule has 2 amide bonds. The Balaban J connectivity index is 1.69. The number of esters is 1. The average Bonchev–Trinajstić information content (AvgIpc) is 2.68. The van der Waals surface area contributed by atoms with Gasteiger partial charge in [0, 0.05) is 17.7 Å². The number of hydrogen-bond acceptors (Lipinski definition) is 4. The van der Waals surface area contributed by atoms with Crippen LogP contribution in [-0.4, -0.2) is 30.9 Å². The first kappa shape index (κ1) is 23.1. The van der Waals surface area contributed by atoms with Gasteiger partial charge in [-0.3, -0.25) is 14.4 Å². The van der Waals surface area contributed by atoms with Gasteiger partial charge in [-0.2, -0.15) is 0 Å². The van der Waals surface area contributed by atoms with Gasteiger partial charge in [-0.05, 0) is 75.4 Å². The van der Waals surface area contributed by atoms with E-state index in [2.05, 4.69) is 10.6 Å². The van der Waals surface area contributed by atoms with Gasteiger partial charge in [-0.25, -0.2) is 0 Å². The van der Waals surface area contributed by atoms with Crippen molar-refractivity contribution in [2.45, 2.75) is 47.5 Å². The minimum Gasteiger partial charge on any atom is -0.464 e. The van der Waals surface area contributed by atoms with Crippen LogP contribution in [0.3, 0.4) is 0 Å². The van der Waals surface area contributed by atoms with Gasteiger partial charge in [-0.1, -0.05) is 23.8 Å². The predicted molar refractivity (Wildman–Crippen MR) is 118 cm³/mol. The standard InChI is InChI=1S/C24H30N2O4/c1-15-11-18(4)23(19(5)12-15)26-21(27)7-6-10-30-22(28)14-25-24(29)20-9-8-16(2)17(3)13-20/h8-9,11-13H,6-7,10,14H2,1-5H3,(H,25,29)(H,26,27). The molecule has 0 heterocycles. The molecular weight excluding hydrogens is 380 g/mol. The number of benzene rings is 2. The highest BCUT2D eigenvalue weighted by Gasteiger charge is 2.11. The maximum atomic E-state index is 12.2. The molecule has 2 N–H and O–H groups in total. The zero-order chi connectivity index (χ0) is 22.3. The summed E-state index contributed by atoms with van der Waals surface area (Å²) in [6.45, 7) is 9.75. The number of ether oxygens (including phenoxy) is 1. The first-order chi connectivity index (χ1) is 14.2. The summed E-state index contributed by atoms with van der Waals surface area (Å²) in [6, 6.07) is 9.42. The van der Waals surface area contributed by atoms with Gasteiger partial charge in [0.25, 0.3) is 5.91 Å². The van der Waals surface area contributed by atoms with Crippen LogP contribution >= 0.6 is 0 Å². The molecule has 0 atom stereocenters. The van der Waals surface area contributed by atoms with Gasteiger partial charge in [0.2, 0.25) is 5.91 Å². The van der Waals surface area contributed by atoms with E-state index in [0.717, 1.165) is 33.5 Å². The van der Waals surface area contributed by atoms with E-state index in [9.17, 15) is 14.4 Å². The van der Waals surface area contributed by atoms with E-state index in [1.54, 1.807) is 12.1 Å². The van der Waals surface area contributed by atoms with Crippen molar-refractivity contribution in [2.75, 3.05) is 18.5 Å². The lowest BCUT2D eigenvalue weighted by Gasteiger charge is -2.13. The minimum atomic E-state index is -0.530. The van der Waals surface area contributed by atoms with Crippen LogP contribution in [0.25, 0.3) is 0 Å². The zero-order valence-corrected chi connectivity index (χ0v) is 18.3. The van der Waals surface area contributed by atoms with E-state index in [4.69, 9.17) is 4.74 Å². The van der Waals surface area contributed by atoms with Gasteiger partial charge in [-0.15, -0.1) is 0 Å². The zero-order valence-electron chi connectivity index (χ0n) is 18.3. The first-order valence-corrected chi connectivity index (χ1v) is 10.1. The number of anilines is 1. The van der Waals surface area contributed by atoms with Crippen LogP contribution in [0.4, 0.5) is 5.69 Å². The quantitative estimate of drug-likeness (QED) is 0.510. The number of hydrogen-bond donors (Lipinski definition) is 2. The van der Waals surface area contributed by atoms with Crippen molar-refractivity contribution in [2.24, 2.45) is 0 Å². The highest BCUT2D eigenvalue weighted by Crippen LogP contribution is 2.22. The Morgan fingerprint density at radius 2 is 1.53 bits per heavy atom. The lowest BCUT2D eigenvalue weighted by molar-refractivity contribution is -0.142. The van der Waals surface area contributed by atoms with E-state index < -0.39 is 5.97 Å². The summed E-state index contributed by atoms with van der Waals surface area (Å²) in [4.78, 5) is 36.1. The Bertz CT molecular complexity index is 927. The van der Waals surface area contributed by atoms with Gasteiger partial charge < -0.3 is 15.4 Å². The van der Waals surface area contributed by atoms with Crippen molar-refractivity contribution in [3.8, 4) is 0 Å². The molecule has 0 unspecified atom stereocenters. The molecular formula is C24H30N2O4. The molecule has 0 bridgehead atoms. The van der Waals surface area contributed by atoms with E-state index in [1.165, 1.54) is 0 Å². The Hall–Kier alpha value is -3.15. The van der Waals surface area contributed by atoms with Crippen molar-refractivity contribution in [3.05, 3.63) is 63.7 Å². The third-order valence-corrected chi connectivity index (χ3v) is 4.92. The maximum Gasteiger partial charge on any atom is 0.325 e. The van der Waals surface area contributed by atoms with Crippen LogP contribution in [0.5, 0.6) is 0 Å². The van der Waals surface area contributed by atoms with Crippen LogP contribution < -0.4 is 10.6 Å². The third-order valence-electron chi connectivity index (χ3n) is 4.92. The molecule has 2 rings (SSSR count). The largest absolute Gasteiger partial charge is 0.464 e. The second kappa shape index (κ2) is 10.6. The molecule has 0 aliphatic carbocycles. The fraction of sp³-hybridized carbons (Fsp3) is 0.375. The predicted octanol–water partition coefficient (Wildman–Crippen LogP) is 3.92. The smallest absolute Gasteiger partial charge is 0.325 e. The maximum absolute atomic E-state index is 12.2. The molecule has 0 saturated carbocycles. The number of carbonyl (C=O) groups excluding carboxylic acids is 3. The summed E-state index contributed by atoms with van der Waals surface area (Å²) in [7, 11) is 0. The van der Waals surface area contributed by atoms with Crippen molar-refractivity contribution < 1.29 is 19.1 Å². The molecule has 0 radical (unpaired) electrons. The summed E-state index contributed by atoms with van der Waals surface area (Å²) in [5.74, 6) is -0.972. The molecule has 2 aromatic carbocycles. The monoisotopic (exact) mass is 410 g/mol. The van der Waals surface area contributed by atoms with Crippen molar-refractivity contribution in [1.29, 1.82) is 0 Å². The van der Waals surface area contributed by atoms with Gasteiger partial charge in [0.1, 0.15) is 6.54 Å². The third kappa shape index (κ3) is 6.72. The van der Waals surface area contributed by atoms with Crippen molar-refractivity contribution >= 4 is 23.5 Å². The molecule has 160 valence electrons. The fourth-order valence-electron chi connectivity index (χ4n) is 3.19. The second-order valence-corrected chi connectivity index (χ2v) is 7.63. The molecule has 0 aliphatic rings. The lowest BCUT2D eigenvalue weighted by atomic mass is 10.0. The molecule has 0 saturated heterocycles. The molecule has 2 aromatic rings. The Labute approximate surface area is 178 Å². The molecule has 6 nitrogen and oxygen atoms in total. The summed E-state index contributed by atoms with van der Waals surface area (Å²) >= 11 is 0. The summed E-state index contributed by atoms with van der Waals surface area (Å²) < 4.78 is 5.10. The van der Waals surface area contributed by atoms with Gasteiger partial charge >= 0.3 is 5.97 Å². The number of carbonyl (C=O) groups is 3. The second-order valence-electron chi connectivity index (χ2n) is 7.63. The van der Waals surface area contributed by atoms with E-state index in [0.29, 0.717) is 12.0 Å². The molecule has 0 aromatic heterocycles. The Kier molecular flexibility index (Phi) is 8.16. The highest BCUT2D eigenvalue weighted by molar-refractivity contribution is 5.96. The van der Waals surface area contributed by atoms with Gasteiger partial charge in [0.15, 0.2) is 0 Å². The van der Waals surface area contributed by atoms with Crippen LogP contribution in [0.15, 0.2) is 30.3 Å². The minimum absolute atomic E-state index is 0.121. The summed E-state index contributed by atoms with van der Waals surface area (Å²) in [5, 5.41) is 5.48. The van der Waals surface area contributed by atoms with Crippen LogP contribution in [0.1, 0.15) is 51.0 Å². The molecule has 0 spiro atoms. The molecule has 6 heteroatoms. The van der Waals surface area contributed by atoms with Crippen LogP contribution in [0, 0.1) is 34.6 Å². The summed E-state index contributed by atoms with van der Waals surface area (Å²) in [5.41, 5.74) is 6.64. The Morgan fingerprint density at radius 1 is 0.867 bits per heavy atom. The SMILES string of the molecule is Cc1cc(C)c(NC(=O)CCCOC(=O)CNC(=O)c2ccc(C)c(C)c2)c(C)c1. The number of amides is 2. The Morgan fingerprint density at radius 3 is 2.17 bits per heavy atom.